The Morgan fingerprint density at radius 2 is 1.67 bits per heavy atom. The zero-order valence-electron chi connectivity index (χ0n) is 10.4. The summed E-state index contributed by atoms with van der Waals surface area (Å²) in [5.74, 6) is 1.53. The van der Waals surface area contributed by atoms with Crippen molar-refractivity contribution in [2.75, 3.05) is 7.11 Å². The Hall–Kier alpha value is -2.22. The molecule has 2 aromatic rings. The fourth-order valence-corrected chi connectivity index (χ4v) is 1.60. The first-order valence-corrected chi connectivity index (χ1v) is 5.79. The van der Waals surface area contributed by atoms with Crippen molar-refractivity contribution in [1.29, 1.82) is 0 Å². The van der Waals surface area contributed by atoms with Gasteiger partial charge in [-0.15, -0.1) is 0 Å². The fourth-order valence-electron chi connectivity index (χ4n) is 1.60. The second-order valence-electron chi connectivity index (χ2n) is 3.93. The monoisotopic (exact) mass is 240 g/mol. The molecule has 0 radical (unpaired) electrons. The molecule has 0 amide bonds. The standard InChI is InChI=1S/C16H16O2/c1-13(15-6-4-3-5-7-15)18-12-14-8-10-16(17-2)11-9-14/h3-11H,1,12H2,2H3. The van der Waals surface area contributed by atoms with Crippen molar-refractivity contribution < 1.29 is 9.47 Å². The van der Waals surface area contributed by atoms with Crippen LogP contribution in [0.2, 0.25) is 0 Å². The van der Waals surface area contributed by atoms with Crippen LogP contribution in [0.4, 0.5) is 0 Å². The quantitative estimate of drug-likeness (QED) is 0.738. The molecule has 0 N–H and O–H groups in total. The van der Waals surface area contributed by atoms with Crippen LogP contribution in [0.1, 0.15) is 11.1 Å². The number of hydrogen-bond acceptors (Lipinski definition) is 2. The van der Waals surface area contributed by atoms with Crippen LogP contribution >= 0.6 is 0 Å². The average molecular weight is 240 g/mol. The van der Waals surface area contributed by atoms with Gasteiger partial charge in [0, 0.05) is 5.56 Å². The molecule has 0 fully saturated rings. The molecule has 0 aliphatic heterocycles. The molecular formula is C16H16O2. The van der Waals surface area contributed by atoms with Crippen LogP contribution in [-0.2, 0) is 11.3 Å². The van der Waals surface area contributed by atoms with Gasteiger partial charge in [0.2, 0.25) is 0 Å². The number of ether oxygens (including phenoxy) is 2. The molecule has 0 spiro atoms. The summed E-state index contributed by atoms with van der Waals surface area (Å²) >= 11 is 0. The van der Waals surface area contributed by atoms with Crippen molar-refractivity contribution in [2.45, 2.75) is 6.61 Å². The highest BCUT2D eigenvalue weighted by Gasteiger charge is 2.00. The molecule has 0 saturated carbocycles. The lowest BCUT2D eigenvalue weighted by molar-refractivity contribution is 0.265. The molecule has 2 aromatic carbocycles. The van der Waals surface area contributed by atoms with E-state index in [0.29, 0.717) is 12.4 Å². The number of benzene rings is 2. The van der Waals surface area contributed by atoms with Gasteiger partial charge in [0.15, 0.2) is 0 Å². The molecule has 0 aromatic heterocycles. The molecule has 0 bridgehead atoms. The van der Waals surface area contributed by atoms with Crippen LogP contribution in [0.25, 0.3) is 5.76 Å². The normalized spacial score (nSPS) is 9.83. The van der Waals surface area contributed by atoms with Gasteiger partial charge in [-0.25, -0.2) is 0 Å². The molecule has 0 heterocycles. The van der Waals surface area contributed by atoms with E-state index in [9.17, 15) is 0 Å². The SMILES string of the molecule is C=C(OCc1ccc(OC)cc1)c1ccccc1. The fraction of sp³-hybridized carbons (Fsp3) is 0.125. The van der Waals surface area contributed by atoms with Crippen LogP contribution < -0.4 is 4.74 Å². The first-order valence-electron chi connectivity index (χ1n) is 5.79. The summed E-state index contributed by atoms with van der Waals surface area (Å²) in [5.41, 5.74) is 2.10. The molecule has 0 unspecified atom stereocenters. The van der Waals surface area contributed by atoms with E-state index in [1.165, 1.54) is 0 Å². The smallest absolute Gasteiger partial charge is 0.119 e. The van der Waals surface area contributed by atoms with Crippen molar-refractivity contribution in [2.24, 2.45) is 0 Å². The first-order chi connectivity index (χ1) is 8.79. The molecule has 2 nitrogen and oxygen atoms in total. The van der Waals surface area contributed by atoms with E-state index >= 15 is 0 Å². The predicted molar refractivity (Wildman–Crippen MR) is 73.3 cm³/mol. The highest BCUT2D eigenvalue weighted by Crippen LogP contribution is 2.17. The molecule has 92 valence electrons. The lowest BCUT2D eigenvalue weighted by Crippen LogP contribution is -1.92. The van der Waals surface area contributed by atoms with E-state index in [-0.39, 0.29) is 0 Å². The van der Waals surface area contributed by atoms with E-state index in [4.69, 9.17) is 9.47 Å². The maximum atomic E-state index is 5.65. The third-order valence-electron chi connectivity index (χ3n) is 2.67. The van der Waals surface area contributed by atoms with Gasteiger partial charge < -0.3 is 9.47 Å². The zero-order chi connectivity index (χ0) is 12.8. The van der Waals surface area contributed by atoms with Crippen LogP contribution in [-0.4, -0.2) is 7.11 Å². The van der Waals surface area contributed by atoms with E-state index in [0.717, 1.165) is 16.9 Å². The second kappa shape index (κ2) is 5.92. The van der Waals surface area contributed by atoms with Gasteiger partial charge in [0.25, 0.3) is 0 Å². The molecule has 2 heteroatoms. The molecule has 2 rings (SSSR count). The maximum Gasteiger partial charge on any atom is 0.119 e. The Kier molecular flexibility index (Phi) is 4.02. The number of methoxy groups -OCH3 is 1. The van der Waals surface area contributed by atoms with Crippen molar-refractivity contribution in [3.63, 3.8) is 0 Å². The summed E-state index contributed by atoms with van der Waals surface area (Å²) in [7, 11) is 1.66. The summed E-state index contributed by atoms with van der Waals surface area (Å²) < 4.78 is 10.8. The van der Waals surface area contributed by atoms with Crippen molar-refractivity contribution >= 4 is 5.76 Å². The first kappa shape index (κ1) is 12.2. The Balaban J connectivity index is 1.93. The van der Waals surface area contributed by atoms with Crippen LogP contribution in [0.3, 0.4) is 0 Å². The van der Waals surface area contributed by atoms with Gasteiger partial charge in [-0.1, -0.05) is 49.0 Å². The summed E-state index contributed by atoms with van der Waals surface area (Å²) in [6.07, 6.45) is 0. The molecule has 0 atom stereocenters. The average Bonchev–Trinajstić information content (AvgIpc) is 2.46. The van der Waals surface area contributed by atoms with Crippen LogP contribution in [0, 0.1) is 0 Å². The lowest BCUT2D eigenvalue weighted by atomic mass is 10.2. The van der Waals surface area contributed by atoms with Gasteiger partial charge >= 0.3 is 0 Å². The predicted octanol–water partition coefficient (Wildman–Crippen LogP) is 3.88. The van der Waals surface area contributed by atoms with Crippen molar-refractivity contribution in [1.82, 2.24) is 0 Å². The zero-order valence-corrected chi connectivity index (χ0v) is 10.4. The Labute approximate surface area is 107 Å². The topological polar surface area (TPSA) is 18.5 Å². The Morgan fingerprint density at radius 3 is 2.28 bits per heavy atom. The summed E-state index contributed by atoms with van der Waals surface area (Å²) in [6.45, 7) is 4.44. The van der Waals surface area contributed by atoms with Gasteiger partial charge in [-0.2, -0.15) is 0 Å². The minimum Gasteiger partial charge on any atom is -0.497 e. The highest BCUT2D eigenvalue weighted by molar-refractivity contribution is 5.57. The number of hydrogen-bond donors (Lipinski definition) is 0. The van der Waals surface area contributed by atoms with E-state index in [2.05, 4.69) is 6.58 Å². The summed E-state index contributed by atoms with van der Waals surface area (Å²) in [5, 5.41) is 0. The summed E-state index contributed by atoms with van der Waals surface area (Å²) in [6, 6.07) is 17.7. The van der Waals surface area contributed by atoms with E-state index in [1.807, 2.05) is 54.6 Å². The molecular weight excluding hydrogens is 224 g/mol. The minimum absolute atomic E-state index is 0.512. The van der Waals surface area contributed by atoms with E-state index < -0.39 is 0 Å². The lowest BCUT2D eigenvalue weighted by Gasteiger charge is -2.09. The second-order valence-corrected chi connectivity index (χ2v) is 3.93. The molecule has 0 saturated heterocycles. The van der Waals surface area contributed by atoms with Crippen LogP contribution in [0.15, 0.2) is 61.2 Å². The third kappa shape index (κ3) is 3.14. The minimum atomic E-state index is 0.512. The Morgan fingerprint density at radius 1 is 1.00 bits per heavy atom. The van der Waals surface area contributed by atoms with Crippen molar-refractivity contribution in [3.05, 3.63) is 72.3 Å². The molecule has 18 heavy (non-hydrogen) atoms. The highest BCUT2D eigenvalue weighted by atomic mass is 16.5. The van der Waals surface area contributed by atoms with Gasteiger partial charge in [-0.3, -0.25) is 0 Å². The molecule has 0 aliphatic carbocycles. The maximum absolute atomic E-state index is 5.65. The van der Waals surface area contributed by atoms with Crippen molar-refractivity contribution in [3.8, 4) is 5.75 Å². The third-order valence-corrected chi connectivity index (χ3v) is 2.67. The van der Waals surface area contributed by atoms with Crippen LogP contribution in [0.5, 0.6) is 5.75 Å². The Bertz CT molecular complexity index is 500. The van der Waals surface area contributed by atoms with Gasteiger partial charge in [0.1, 0.15) is 18.1 Å². The molecule has 0 aliphatic rings. The van der Waals surface area contributed by atoms with Gasteiger partial charge in [0.05, 0.1) is 7.11 Å². The van der Waals surface area contributed by atoms with E-state index in [1.54, 1.807) is 7.11 Å². The van der Waals surface area contributed by atoms with Gasteiger partial charge in [-0.05, 0) is 17.7 Å². The summed E-state index contributed by atoms with van der Waals surface area (Å²) in [4.78, 5) is 0. The number of rotatable bonds is 5. The largest absolute Gasteiger partial charge is 0.497 e.